The number of benzene rings is 4. The van der Waals surface area contributed by atoms with Crippen LogP contribution in [0.25, 0.3) is 0 Å². The van der Waals surface area contributed by atoms with Gasteiger partial charge in [0, 0.05) is 0 Å². The molecule has 53 heavy (non-hydrogen) atoms. The number of hydrogen-bond donors (Lipinski definition) is 9. The second-order valence-electron chi connectivity index (χ2n) is 12.5. The van der Waals surface area contributed by atoms with Crippen molar-refractivity contribution in [1.82, 2.24) is 0 Å². The van der Waals surface area contributed by atoms with E-state index in [-0.39, 0.29) is 0 Å². The molecule has 4 aromatic rings. The van der Waals surface area contributed by atoms with Crippen molar-refractivity contribution in [2.24, 2.45) is 0 Å². The summed E-state index contributed by atoms with van der Waals surface area (Å²) >= 11 is -1.98. The number of ether oxygens (including phenoxy) is 3. The molecular weight excluding hydrogens is 799 g/mol. The Morgan fingerprint density at radius 3 is 1.43 bits per heavy atom. The first-order valence-electron chi connectivity index (χ1n) is 16.6. The van der Waals surface area contributed by atoms with Crippen LogP contribution in [0.2, 0.25) is 0 Å². The van der Waals surface area contributed by atoms with Crippen molar-refractivity contribution in [3.8, 4) is 0 Å². The van der Waals surface area contributed by atoms with Crippen LogP contribution in [0.1, 0.15) is 20.7 Å². The van der Waals surface area contributed by atoms with Gasteiger partial charge in [-0.2, -0.15) is 0 Å². The minimum absolute atomic E-state index is 0.536. The van der Waals surface area contributed by atoms with Crippen LogP contribution in [0.15, 0.2) is 115 Å². The van der Waals surface area contributed by atoms with Gasteiger partial charge in [0.15, 0.2) is 11.7 Å². The summed E-state index contributed by atoms with van der Waals surface area (Å²) in [5, 5.41) is 91.3. The molecule has 1 radical (unpaired) electrons. The third-order valence-electron chi connectivity index (χ3n) is 9.31. The van der Waals surface area contributed by atoms with Crippen molar-refractivity contribution < 1.29 is 69.8 Å². The number of aromatic carboxylic acids is 1. The van der Waals surface area contributed by atoms with Crippen LogP contribution in [0.5, 0.6) is 0 Å². The molecule has 0 aliphatic carbocycles. The van der Waals surface area contributed by atoms with Gasteiger partial charge in [-0.1, -0.05) is 12.1 Å². The molecule has 0 bridgehead atoms. The van der Waals surface area contributed by atoms with Crippen LogP contribution in [-0.2, 0) is 14.2 Å². The van der Waals surface area contributed by atoms with Crippen LogP contribution >= 0.6 is 0 Å². The number of rotatable bonds is 10. The summed E-state index contributed by atoms with van der Waals surface area (Å²) in [5.41, 5.74) is -3.88. The van der Waals surface area contributed by atoms with E-state index in [4.69, 9.17) is 14.2 Å². The van der Waals surface area contributed by atoms with Crippen molar-refractivity contribution in [1.29, 1.82) is 0 Å². The molecule has 14 nitrogen and oxygen atoms in total. The number of aliphatic hydroxyl groups excluding tert-OH is 8. The van der Waals surface area contributed by atoms with Gasteiger partial charge in [0.2, 0.25) is 0 Å². The van der Waals surface area contributed by atoms with Crippen LogP contribution in [0.3, 0.4) is 0 Å². The zero-order chi connectivity index (χ0) is 38.3. The molecule has 0 aromatic heterocycles. The molecule has 2 aliphatic rings. The number of aliphatic hydroxyl groups is 8. The Morgan fingerprint density at radius 2 is 1.02 bits per heavy atom. The molecule has 0 saturated carbocycles. The Hall–Kier alpha value is -3.78. The summed E-state index contributed by atoms with van der Waals surface area (Å²) in [4.78, 5) is 24.7. The summed E-state index contributed by atoms with van der Waals surface area (Å²) in [6.45, 7) is -3.26. The second-order valence-corrected chi connectivity index (χ2v) is 19.6. The maximum atomic E-state index is 13.1. The van der Waals surface area contributed by atoms with Gasteiger partial charge in [0.1, 0.15) is 36.6 Å². The fourth-order valence-corrected chi connectivity index (χ4v) is 13.9. The normalized spacial score (nSPS) is 29.6. The summed E-state index contributed by atoms with van der Waals surface area (Å²) < 4.78 is 20.8. The zero-order valence-electron chi connectivity index (χ0n) is 28.2. The molecule has 2 heterocycles. The zero-order valence-corrected chi connectivity index (χ0v) is 31.1. The van der Waals surface area contributed by atoms with E-state index in [2.05, 4.69) is 91.0 Å². The van der Waals surface area contributed by atoms with Gasteiger partial charge in [-0.25, -0.2) is 9.59 Å². The number of hydrogen-bond acceptors (Lipinski definition) is 13. The van der Waals surface area contributed by atoms with Gasteiger partial charge < -0.3 is 60.2 Å². The number of carboxylic acids is 1. The first kappa shape index (κ1) is 40.4. The van der Waals surface area contributed by atoms with Crippen molar-refractivity contribution in [3.63, 3.8) is 0 Å². The molecule has 15 heteroatoms. The maximum absolute atomic E-state index is 13.1. The molecule has 9 atom stereocenters. The first-order chi connectivity index (χ1) is 25.5. The topological polar surface area (TPSA) is 244 Å². The summed E-state index contributed by atoms with van der Waals surface area (Å²) in [6.07, 6.45) is -14.1. The molecule has 2 saturated heterocycles. The van der Waals surface area contributed by atoms with Crippen LogP contribution in [-0.4, -0.2) is 152 Å². The van der Waals surface area contributed by atoms with E-state index < -0.39 is 117 Å². The molecule has 0 amide bonds. The first-order valence-corrected chi connectivity index (χ1v) is 20.9. The van der Waals surface area contributed by atoms with Crippen LogP contribution in [0, 0.1) is 0 Å². The van der Waals surface area contributed by atoms with Crippen molar-refractivity contribution in [2.45, 2.75) is 54.1 Å². The van der Waals surface area contributed by atoms with Crippen LogP contribution < -0.4 is 10.7 Å². The van der Waals surface area contributed by atoms with E-state index >= 15 is 0 Å². The number of carbonyl (C=O) groups is 2. The Kier molecular flexibility index (Phi) is 13.4. The predicted molar refractivity (Wildman–Crippen MR) is 189 cm³/mol. The Balaban J connectivity index is 0.000000239. The molecule has 6 rings (SSSR count). The molecule has 2 aliphatic heterocycles. The predicted octanol–water partition coefficient (Wildman–Crippen LogP) is -2.24. The van der Waals surface area contributed by atoms with E-state index in [0.717, 1.165) is 12.1 Å². The fraction of sp³-hybridized carbons (Fsp3) is 0.316. The average Bonchev–Trinajstić information content (AvgIpc) is 3.45. The Bertz CT molecular complexity index is 1700. The van der Waals surface area contributed by atoms with Gasteiger partial charge in [-0.15, -0.1) is 0 Å². The van der Waals surface area contributed by atoms with Crippen molar-refractivity contribution >= 4 is 42.4 Å². The Morgan fingerprint density at radius 1 is 0.585 bits per heavy atom. The molecule has 9 N–H and O–H groups in total. The quantitative estimate of drug-likeness (QED) is 0.0606. The number of esters is 1. The minimum atomic E-state index is -3.12. The molecule has 0 spiro atoms. The molecular formula is C38H41O14Sn. The van der Waals surface area contributed by atoms with Gasteiger partial charge in [0.25, 0.3) is 5.79 Å². The molecule has 4 aromatic carbocycles. The third-order valence-corrected chi connectivity index (χ3v) is 17.1. The van der Waals surface area contributed by atoms with E-state index in [0.29, 0.717) is 0 Å². The van der Waals surface area contributed by atoms with Crippen LogP contribution in [0.4, 0.5) is 0 Å². The van der Waals surface area contributed by atoms with Gasteiger partial charge in [-0.3, -0.25) is 0 Å². The summed E-state index contributed by atoms with van der Waals surface area (Å²) in [6, 6.07) is 37.6. The van der Waals surface area contributed by atoms with E-state index in [9.17, 15) is 55.5 Å². The summed E-state index contributed by atoms with van der Waals surface area (Å²) in [5.74, 6) is -6.14. The third kappa shape index (κ3) is 7.90. The fourth-order valence-electron chi connectivity index (χ4n) is 6.58. The van der Waals surface area contributed by atoms with E-state index in [1.54, 1.807) is 0 Å². The Labute approximate surface area is 311 Å². The van der Waals surface area contributed by atoms with Gasteiger partial charge in [0.05, 0.1) is 30.9 Å². The second kappa shape index (κ2) is 17.6. The standard InChI is InChI=1S/C20H26O14.3C6H5.Sn/c21-5-10-12(24)14(26)16(28)20(33-10,19(7-23)15(27)13(25)11(6-22)32-19)34-18(31)9-4-2-1-3-8(9)17(29)30;3*1-2-4-6-5-3-1;/h1-4,10-16,21-28H,5-7H2,(H,29,30);3*1-5H;/t10-,11-,12-,13-,14+,15+,16-,19+,20+;;;;/m1..../s1. The SMILES string of the molecule is O=C(O)c1ccccc1C(=O)O[C@@]1([C@@]2(CO)O[C@H](CO)[C@@H](O)[C@@H]2O)O[C@H](CO)[C@@H](O)[C@H](O)[C@H]1O.c1cc[c]([Sn]([c]2ccccc2)[c]2ccccc2)cc1. The van der Waals surface area contributed by atoms with E-state index in [1.165, 1.54) is 22.9 Å². The number of carbonyl (C=O) groups excluding carboxylic acids is 1. The van der Waals surface area contributed by atoms with Crippen molar-refractivity contribution in [2.75, 3.05) is 19.8 Å². The van der Waals surface area contributed by atoms with E-state index in [1.807, 2.05) is 0 Å². The molecule has 0 unspecified atom stereocenters. The average molecular weight is 840 g/mol. The monoisotopic (exact) mass is 841 g/mol. The molecule has 2 fully saturated rings. The number of carboxylic acid groups (broad SMARTS) is 1. The van der Waals surface area contributed by atoms with Gasteiger partial charge in [-0.05, 0) is 12.1 Å². The van der Waals surface area contributed by atoms with Gasteiger partial charge >= 0.3 is 133 Å². The molecule has 281 valence electrons. The summed E-state index contributed by atoms with van der Waals surface area (Å²) in [7, 11) is 0. The van der Waals surface area contributed by atoms with Crippen molar-refractivity contribution in [3.05, 3.63) is 126 Å².